The van der Waals surface area contributed by atoms with Crippen molar-refractivity contribution in [1.29, 1.82) is 0 Å². The zero-order valence-corrected chi connectivity index (χ0v) is 9.47. The number of halogens is 1. The molecule has 50 valence electrons. The molecule has 0 spiro atoms. The molecule has 0 aliphatic rings. The van der Waals surface area contributed by atoms with Crippen LogP contribution in [0.15, 0.2) is 0 Å². The lowest BCUT2D eigenvalue weighted by molar-refractivity contribution is 0.834. The average molecular weight is 242 g/mol. The third-order valence-electron chi connectivity index (χ3n) is 0.894. The summed E-state index contributed by atoms with van der Waals surface area (Å²) in [6, 6.07) is 1.45. The highest BCUT2D eigenvalue weighted by Gasteiger charge is 2.13. The summed E-state index contributed by atoms with van der Waals surface area (Å²) in [4.78, 5) is 0. The van der Waals surface area contributed by atoms with Gasteiger partial charge in [-0.15, -0.1) is 0 Å². The molecule has 0 aromatic carbocycles. The van der Waals surface area contributed by atoms with Gasteiger partial charge in [-0.3, -0.25) is 0 Å². The fourth-order valence-corrected chi connectivity index (χ4v) is 5.55. The van der Waals surface area contributed by atoms with Crippen molar-refractivity contribution >= 4 is 31.4 Å². The van der Waals surface area contributed by atoms with Gasteiger partial charge in [-0.1, -0.05) is 49.5 Å². The first kappa shape index (κ1) is 8.95. The van der Waals surface area contributed by atoms with E-state index in [0.29, 0.717) is 3.42 Å². The van der Waals surface area contributed by atoms with Crippen LogP contribution in [0.3, 0.4) is 0 Å². The lowest BCUT2D eigenvalue weighted by Gasteiger charge is -2.17. The van der Waals surface area contributed by atoms with E-state index in [4.69, 9.17) is 0 Å². The molecule has 0 aliphatic carbocycles. The quantitative estimate of drug-likeness (QED) is 0.397. The summed E-state index contributed by atoms with van der Waals surface area (Å²) in [5.41, 5.74) is 0. The van der Waals surface area contributed by atoms with E-state index in [-0.39, 0.29) is 8.80 Å². The Hall–Kier alpha value is 0.947. The predicted molar refractivity (Wildman–Crippen MR) is 51.8 cm³/mol. The second-order valence-electron chi connectivity index (χ2n) is 3.32. The van der Waals surface area contributed by atoms with E-state index in [0.717, 1.165) is 0 Å². The molecule has 0 atom stereocenters. The highest BCUT2D eigenvalue weighted by Crippen LogP contribution is 2.23. The molecule has 0 heterocycles. The van der Waals surface area contributed by atoms with Crippen LogP contribution in [-0.4, -0.2) is 12.2 Å². The molecule has 0 fully saturated rings. The highest BCUT2D eigenvalue weighted by atomic mass is 127. The molecule has 0 rings (SSSR count). The molecule has 0 unspecified atom stereocenters. The van der Waals surface area contributed by atoms with Gasteiger partial charge in [-0.05, 0) is 6.04 Å². The van der Waals surface area contributed by atoms with Gasteiger partial charge in [-0.2, -0.15) is 0 Å². The molecule has 0 nitrogen and oxygen atoms in total. The molecule has 0 saturated heterocycles. The summed E-state index contributed by atoms with van der Waals surface area (Å²) in [5, 5.41) is 0. The Bertz CT molecular complexity index is 63.4. The molecule has 0 aromatic rings. The van der Waals surface area contributed by atoms with Gasteiger partial charge < -0.3 is 0 Å². The summed E-state index contributed by atoms with van der Waals surface area (Å²) < 4.78 is 0.554. The van der Waals surface area contributed by atoms with Gasteiger partial charge in [0.25, 0.3) is 0 Å². The first-order valence-corrected chi connectivity index (χ1v) is 7.31. The van der Waals surface area contributed by atoms with Crippen LogP contribution in [0.2, 0.25) is 19.1 Å². The molecular formula is C6H15ISi. The van der Waals surface area contributed by atoms with Crippen LogP contribution in [0.4, 0.5) is 0 Å². The van der Waals surface area contributed by atoms with Crippen molar-refractivity contribution in [3.05, 3.63) is 0 Å². The fraction of sp³-hybridized carbons (Fsp3) is 1.00. The number of hydrogen-bond donors (Lipinski definition) is 0. The monoisotopic (exact) mass is 242 g/mol. The summed E-state index contributed by atoms with van der Waals surface area (Å²) in [6.07, 6.45) is 0. The largest absolute Gasteiger partial charge is 0.0798 e. The van der Waals surface area contributed by atoms with Gasteiger partial charge in [-0.25, -0.2) is 0 Å². The van der Waals surface area contributed by atoms with Crippen LogP contribution >= 0.6 is 22.6 Å². The van der Waals surface area contributed by atoms with E-state index >= 15 is 0 Å². The third-order valence-corrected chi connectivity index (χ3v) is 4.00. The van der Waals surface area contributed by atoms with Gasteiger partial charge in [0, 0.05) is 12.2 Å². The third kappa shape index (κ3) is 6.95. The summed E-state index contributed by atoms with van der Waals surface area (Å²) in [7, 11) is -0.303. The second kappa shape index (κ2) is 3.20. The lowest BCUT2D eigenvalue weighted by Crippen LogP contribution is -2.16. The SMILES string of the molecule is C[SiH](C)CC(C)(C)I. The molecular weight excluding hydrogens is 227 g/mol. The average Bonchev–Trinajstić information content (AvgIpc) is 1.21. The van der Waals surface area contributed by atoms with Crippen molar-refractivity contribution in [1.82, 2.24) is 0 Å². The van der Waals surface area contributed by atoms with Crippen LogP contribution in [0.5, 0.6) is 0 Å². The maximum absolute atomic E-state index is 2.53. The van der Waals surface area contributed by atoms with Crippen molar-refractivity contribution in [3.63, 3.8) is 0 Å². The highest BCUT2D eigenvalue weighted by molar-refractivity contribution is 14.1. The molecule has 2 heteroatoms. The molecule has 0 saturated carbocycles. The molecule has 0 aromatic heterocycles. The van der Waals surface area contributed by atoms with E-state index in [1.54, 1.807) is 0 Å². The van der Waals surface area contributed by atoms with Crippen molar-refractivity contribution in [3.8, 4) is 0 Å². The van der Waals surface area contributed by atoms with E-state index in [1.165, 1.54) is 6.04 Å². The van der Waals surface area contributed by atoms with Crippen LogP contribution in [0.1, 0.15) is 13.8 Å². The Morgan fingerprint density at radius 3 is 1.75 bits per heavy atom. The minimum absolute atomic E-state index is 0.303. The van der Waals surface area contributed by atoms with E-state index < -0.39 is 0 Å². The Kier molecular flexibility index (Phi) is 3.58. The van der Waals surface area contributed by atoms with E-state index in [2.05, 4.69) is 49.5 Å². The summed E-state index contributed by atoms with van der Waals surface area (Å²) in [5.74, 6) is 0. The maximum Gasteiger partial charge on any atom is 0.0319 e. The minimum atomic E-state index is -0.303. The number of rotatable bonds is 2. The van der Waals surface area contributed by atoms with Gasteiger partial charge in [0.2, 0.25) is 0 Å². The predicted octanol–water partition coefficient (Wildman–Crippen LogP) is 2.69. The van der Waals surface area contributed by atoms with Gasteiger partial charge in [0.1, 0.15) is 0 Å². The molecule has 0 N–H and O–H groups in total. The van der Waals surface area contributed by atoms with Crippen molar-refractivity contribution in [2.75, 3.05) is 0 Å². The van der Waals surface area contributed by atoms with Gasteiger partial charge >= 0.3 is 0 Å². The van der Waals surface area contributed by atoms with Crippen LogP contribution in [0.25, 0.3) is 0 Å². The first-order chi connectivity index (χ1) is 3.42. The van der Waals surface area contributed by atoms with Crippen molar-refractivity contribution < 1.29 is 0 Å². The molecule has 0 aliphatic heterocycles. The normalized spacial score (nSPS) is 12.8. The van der Waals surface area contributed by atoms with Crippen molar-refractivity contribution in [2.24, 2.45) is 0 Å². The van der Waals surface area contributed by atoms with Gasteiger partial charge in [0.15, 0.2) is 0 Å². The topological polar surface area (TPSA) is 0 Å². The Balaban J connectivity index is 3.39. The molecule has 0 amide bonds. The summed E-state index contributed by atoms with van der Waals surface area (Å²) >= 11 is 2.53. The first-order valence-electron chi connectivity index (χ1n) is 3.11. The molecule has 8 heavy (non-hydrogen) atoms. The van der Waals surface area contributed by atoms with E-state index in [9.17, 15) is 0 Å². The van der Waals surface area contributed by atoms with Crippen LogP contribution in [0, 0.1) is 0 Å². The zero-order chi connectivity index (χ0) is 6.78. The minimum Gasteiger partial charge on any atom is -0.0798 e. The fourth-order valence-electron chi connectivity index (χ4n) is 0.971. The maximum atomic E-state index is 2.53. The number of hydrogen-bond acceptors (Lipinski definition) is 0. The zero-order valence-electron chi connectivity index (χ0n) is 6.16. The Morgan fingerprint density at radius 1 is 1.38 bits per heavy atom. The lowest BCUT2D eigenvalue weighted by atomic mass is 10.3. The smallest absolute Gasteiger partial charge is 0.0319 e. The van der Waals surface area contributed by atoms with Crippen LogP contribution < -0.4 is 0 Å². The van der Waals surface area contributed by atoms with Crippen LogP contribution in [-0.2, 0) is 0 Å². The van der Waals surface area contributed by atoms with Crippen molar-refractivity contribution in [2.45, 2.75) is 36.4 Å². The molecule has 0 bridgehead atoms. The Labute approximate surface area is 67.8 Å². The molecule has 0 radical (unpaired) electrons. The van der Waals surface area contributed by atoms with E-state index in [1.807, 2.05) is 0 Å². The van der Waals surface area contributed by atoms with Gasteiger partial charge in [0.05, 0.1) is 0 Å². The standard InChI is InChI=1S/C6H15ISi/c1-6(2,7)5-8(3)4/h8H,5H2,1-4H3. The number of alkyl halides is 1. The summed E-state index contributed by atoms with van der Waals surface area (Å²) in [6.45, 7) is 9.42. The second-order valence-corrected chi connectivity index (χ2v) is 9.43. The Morgan fingerprint density at radius 2 is 1.75 bits per heavy atom.